The van der Waals surface area contributed by atoms with Gasteiger partial charge in [-0.3, -0.25) is 14.5 Å². The minimum atomic E-state index is -1.05. The molecule has 1 spiro atoms. The number of fused-ring (bicyclic) bond motifs is 2. The molecule has 1 atom stereocenters. The van der Waals surface area contributed by atoms with Crippen molar-refractivity contribution in [3.8, 4) is 0 Å². The Balaban J connectivity index is 1.34. The zero-order valence-electron chi connectivity index (χ0n) is 19.1. The summed E-state index contributed by atoms with van der Waals surface area (Å²) in [7, 11) is 0. The van der Waals surface area contributed by atoms with E-state index in [9.17, 15) is 14.4 Å². The van der Waals surface area contributed by atoms with Gasteiger partial charge in [-0.1, -0.05) is 54.6 Å². The third-order valence-electron chi connectivity index (χ3n) is 6.72. The topological polar surface area (TPSA) is 69.7 Å². The Labute approximate surface area is 203 Å². The maximum atomic E-state index is 13.5. The van der Waals surface area contributed by atoms with E-state index in [4.69, 9.17) is 0 Å². The van der Waals surface area contributed by atoms with Crippen molar-refractivity contribution in [3.63, 3.8) is 0 Å². The Morgan fingerprint density at radius 2 is 1.82 bits per heavy atom. The van der Waals surface area contributed by atoms with E-state index in [2.05, 4.69) is 5.32 Å². The van der Waals surface area contributed by atoms with Gasteiger partial charge in [0.25, 0.3) is 5.91 Å². The van der Waals surface area contributed by atoms with Gasteiger partial charge in [0.15, 0.2) is 0 Å². The summed E-state index contributed by atoms with van der Waals surface area (Å²) in [4.78, 5) is 44.9. The van der Waals surface area contributed by atoms with Crippen molar-refractivity contribution < 1.29 is 14.4 Å². The van der Waals surface area contributed by atoms with Crippen LogP contribution in [0.4, 0.5) is 4.79 Å². The van der Waals surface area contributed by atoms with Crippen molar-refractivity contribution in [1.82, 2.24) is 15.1 Å². The highest BCUT2D eigenvalue weighted by atomic mass is 32.1. The summed E-state index contributed by atoms with van der Waals surface area (Å²) in [6.07, 6.45) is 1.95. The number of urea groups is 1. The van der Waals surface area contributed by atoms with E-state index in [-0.39, 0.29) is 18.4 Å². The highest BCUT2D eigenvalue weighted by molar-refractivity contribution is 7.11. The van der Waals surface area contributed by atoms with Gasteiger partial charge in [0, 0.05) is 16.3 Å². The zero-order chi connectivity index (χ0) is 23.7. The van der Waals surface area contributed by atoms with E-state index >= 15 is 0 Å². The average Bonchev–Trinajstić information content (AvgIpc) is 3.50. The minimum absolute atomic E-state index is 0.228. The number of carbonyl (C=O) groups excluding carboxylic acids is 3. The number of thiophene rings is 1. The molecule has 7 heteroatoms. The molecule has 4 amide bonds. The molecule has 1 aliphatic heterocycles. The number of hydrogen-bond donors (Lipinski definition) is 1. The largest absolute Gasteiger partial charge is 0.336 e. The van der Waals surface area contributed by atoms with Gasteiger partial charge in [0.05, 0.1) is 6.54 Å². The van der Waals surface area contributed by atoms with Crippen molar-refractivity contribution >= 4 is 29.2 Å². The predicted octanol–water partition coefficient (Wildman–Crippen LogP) is 4.02. The van der Waals surface area contributed by atoms with Gasteiger partial charge in [0.1, 0.15) is 12.1 Å². The Morgan fingerprint density at radius 3 is 2.59 bits per heavy atom. The van der Waals surface area contributed by atoms with Crippen LogP contribution in [0.5, 0.6) is 0 Å². The first-order chi connectivity index (χ1) is 16.5. The van der Waals surface area contributed by atoms with E-state index in [1.165, 1.54) is 4.88 Å². The Bertz CT molecular complexity index is 1240. The minimum Gasteiger partial charge on any atom is -0.336 e. The number of nitrogens with zero attached hydrogens (tertiary/aromatic N) is 2. The van der Waals surface area contributed by atoms with Crippen LogP contribution in [0.2, 0.25) is 0 Å². The molecule has 1 fully saturated rings. The van der Waals surface area contributed by atoms with Crippen molar-refractivity contribution in [1.29, 1.82) is 0 Å². The van der Waals surface area contributed by atoms with Crippen LogP contribution in [-0.2, 0) is 34.5 Å². The smallest absolute Gasteiger partial charge is 0.325 e. The summed E-state index contributed by atoms with van der Waals surface area (Å²) < 4.78 is 0. The van der Waals surface area contributed by atoms with Crippen LogP contribution < -0.4 is 5.32 Å². The number of amides is 4. The lowest BCUT2D eigenvalue weighted by Crippen LogP contribution is -2.45. The number of hydrogen-bond acceptors (Lipinski definition) is 4. The molecule has 174 valence electrons. The van der Waals surface area contributed by atoms with Gasteiger partial charge in [0.2, 0.25) is 5.91 Å². The van der Waals surface area contributed by atoms with Crippen LogP contribution in [0.3, 0.4) is 0 Å². The normalized spacial score (nSPS) is 18.9. The molecule has 1 unspecified atom stereocenters. The van der Waals surface area contributed by atoms with Crippen LogP contribution >= 0.6 is 11.3 Å². The first-order valence-corrected chi connectivity index (χ1v) is 12.4. The molecular formula is C27H27N3O3S. The number of rotatable bonds is 7. The lowest BCUT2D eigenvalue weighted by atomic mass is 9.92. The SMILES string of the molecule is Cc1ccc(CN(CCc2ccccc2)C(=O)CN2C(=O)NC3(CCc4ccccc43)C2=O)s1. The second kappa shape index (κ2) is 9.06. The molecule has 3 aromatic rings. The molecule has 2 aromatic carbocycles. The van der Waals surface area contributed by atoms with Crippen LogP contribution in [0.25, 0.3) is 0 Å². The second-order valence-corrected chi connectivity index (χ2v) is 10.3. The number of nitrogens with one attached hydrogen (secondary N) is 1. The number of aryl methyl sites for hydroxylation is 2. The summed E-state index contributed by atoms with van der Waals surface area (Å²) >= 11 is 1.65. The van der Waals surface area contributed by atoms with Crippen molar-refractivity contribution in [3.05, 3.63) is 93.2 Å². The maximum absolute atomic E-state index is 13.5. The summed E-state index contributed by atoms with van der Waals surface area (Å²) in [5, 5.41) is 2.91. The van der Waals surface area contributed by atoms with Crippen LogP contribution in [0, 0.1) is 6.92 Å². The summed E-state index contributed by atoms with van der Waals surface area (Å²) in [5.74, 6) is -0.556. The molecule has 0 radical (unpaired) electrons. The molecule has 1 N–H and O–H groups in total. The fourth-order valence-corrected chi connectivity index (χ4v) is 5.83. The van der Waals surface area contributed by atoms with E-state index in [1.54, 1.807) is 16.2 Å². The molecule has 1 aliphatic carbocycles. The first kappa shape index (κ1) is 22.3. The second-order valence-electron chi connectivity index (χ2n) is 8.95. The van der Waals surface area contributed by atoms with E-state index in [0.717, 1.165) is 32.9 Å². The lowest BCUT2D eigenvalue weighted by Gasteiger charge is -2.25. The van der Waals surface area contributed by atoms with Gasteiger partial charge < -0.3 is 10.2 Å². The Hall–Kier alpha value is -3.45. The van der Waals surface area contributed by atoms with Gasteiger partial charge in [-0.15, -0.1) is 11.3 Å². The Kier molecular flexibility index (Phi) is 5.96. The molecule has 2 heterocycles. The molecule has 2 aliphatic rings. The molecular weight excluding hydrogens is 446 g/mol. The highest BCUT2D eigenvalue weighted by Gasteiger charge is 2.55. The monoisotopic (exact) mass is 473 g/mol. The first-order valence-electron chi connectivity index (χ1n) is 11.6. The van der Waals surface area contributed by atoms with Crippen molar-refractivity contribution in [2.24, 2.45) is 0 Å². The van der Waals surface area contributed by atoms with E-state index in [1.807, 2.05) is 73.7 Å². The molecule has 1 saturated heterocycles. The molecule has 34 heavy (non-hydrogen) atoms. The van der Waals surface area contributed by atoms with Crippen molar-refractivity contribution in [2.75, 3.05) is 13.1 Å². The maximum Gasteiger partial charge on any atom is 0.325 e. The lowest BCUT2D eigenvalue weighted by molar-refractivity contribution is -0.139. The van der Waals surface area contributed by atoms with Gasteiger partial charge in [-0.05, 0) is 55.0 Å². The molecule has 0 bridgehead atoms. The van der Waals surface area contributed by atoms with Crippen LogP contribution in [0.1, 0.15) is 32.9 Å². The molecule has 1 aromatic heterocycles. The number of imide groups is 1. The average molecular weight is 474 g/mol. The summed E-state index contributed by atoms with van der Waals surface area (Å²) in [6.45, 7) is 2.75. The third kappa shape index (κ3) is 4.12. The van der Waals surface area contributed by atoms with Gasteiger partial charge >= 0.3 is 6.03 Å². The standard InChI is InChI=1S/C27H27N3O3S/c1-19-11-12-22(34-19)17-29(16-14-20-7-3-2-4-8-20)24(31)18-30-25(32)27(28-26(30)33)15-13-21-9-5-6-10-23(21)27/h2-12H,13-18H2,1H3,(H,28,33). The van der Waals surface area contributed by atoms with Gasteiger partial charge in [-0.25, -0.2) is 4.79 Å². The third-order valence-corrected chi connectivity index (χ3v) is 7.71. The van der Waals surface area contributed by atoms with Crippen molar-refractivity contribution in [2.45, 2.75) is 38.3 Å². The van der Waals surface area contributed by atoms with Crippen LogP contribution in [0.15, 0.2) is 66.7 Å². The summed E-state index contributed by atoms with van der Waals surface area (Å²) in [6, 6.07) is 21.3. The van der Waals surface area contributed by atoms with Crippen LogP contribution in [-0.4, -0.2) is 40.7 Å². The Morgan fingerprint density at radius 1 is 1.06 bits per heavy atom. The van der Waals surface area contributed by atoms with E-state index in [0.29, 0.717) is 25.9 Å². The summed E-state index contributed by atoms with van der Waals surface area (Å²) in [5.41, 5.74) is 2.01. The number of benzene rings is 2. The number of carbonyl (C=O) groups is 3. The fourth-order valence-electron chi connectivity index (χ4n) is 4.93. The van der Waals surface area contributed by atoms with Gasteiger partial charge in [-0.2, -0.15) is 0 Å². The van der Waals surface area contributed by atoms with E-state index < -0.39 is 11.6 Å². The highest BCUT2D eigenvalue weighted by Crippen LogP contribution is 2.41. The predicted molar refractivity (Wildman–Crippen MR) is 131 cm³/mol. The zero-order valence-corrected chi connectivity index (χ0v) is 19.9. The molecule has 5 rings (SSSR count). The fraction of sp³-hybridized carbons (Fsp3) is 0.296. The molecule has 6 nitrogen and oxygen atoms in total. The molecule has 0 saturated carbocycles. The quantitative estimate of drug-likeness (QED) is 0.527.